The van der Waals surface area contributed by atoms with Crippen molar-refractivity contribution in [2.45, 2.75) is 25.2 Å². The molecule has 0 saturated carbocycles. The van der Waals surface area contributed by atoms with Gasteiger partial charge in [-0.05, 0) is 29.3 Å². The molecule has 25 heavy (non-hydrogen) atoms. The summed E-state index contributed by atoms with van der Waals surface area (Å²) in [4.78, 5) is 12.2. The number of nitrogens with one attached hydrogen (secondary N) is 2. The highest BCUT2D eigenvalue weighted by Gasteiger charge is 2.31. The van der Waals surface area contributed by atoms with Gasteiger partial charge in [0.25, 0.3) is 0 Å². The summed E-state index contributed by atoms with van der Waals surface area (Å²) in [6.07, 6.45) is -0.249. The van der Waals surface area contributed by atoms with Crippen LogP contribution in [0.1, 0.15) is 17.2 Å². The Kier molecular flexibility index (Phi) is 5.06. The number of anilines is 1. The predicted molar refractivity (Wildman–Crippen MR) is 89.1 cm³/mol. The first kappa shape index (κ1) is 17.4. The van der Waals surface area contributed by atoms with Crippen LogP contribution in [0.4, 0.5) is 19.3 Å². The standard InChI is InChI=1S/C17H15ClF2N2O3/c18-12-8-10(5-6-14(12)25-16(19)20)21-17(24)22-15-11-4-2-1-3-9(11)7-13(15)23/h1-6,8,13,15-16,23H,7H2,(H2,21,22,24)/t13-,15+/m0/s1. The number of carbonyl (C=O) groups excluding carboxylic acids is 1. The van der Waals surface area contributed by atoms with Crippen molar-refractivity contribution in [3.05, 3.63) is 58.6 Å². The van der Waals surface area contributed by atoms with Crippen molar-refractivity contribution in [3.63, 3.8) is 0 Å². The van der Waals surface area contributed by atoms with Crippen molar-refractivity contribution < 1.29 is 23.4 Å². The average molecular weight is 369 g/mol. The Morgan fingerprint density at radius 3 is 2.76 bits per heavy atom. The molecule has 2 atom stereocenters. The molecule has 132 valence electrons. The summed E-state index contributed by atoms with van der Waals surface area (Å²) in [5.74, 6) is -0.178. The summed E-state index contributed by atoms with van der Waals surface area (Å²) in [7, 11) is 0. The van der Waals surface area contributed by atoms with Crippen LogP contribution in [0.5, 0.6) is 5.75 Å². The molecule has 0 unspecified atom stereocenters. The molecule has 2 aromatic rings. The molecule has 0 aromatic heterocycles. The lowest BCUT2D eigenvalue weighted by Crippen LogP contribution is -2.36. The van der Waals surface area contributed by atoms with Crippen LogP contribution in [0, 0.1) is 0 Å². The van der Waals surface area contributed by atoms with E-state index in [4.69, 9.17) is 11.6 Å². The Balaban J connectivity index is 1.66. The topological polar surface area (TPSA) is 70.6 Å². The highest BCUT2D eigenvalue weighted by atomic mass is 35.5. The van der Waals surface area contributed by atoms with Crippen LogP contribution in [-0.4, -0.2) is 23.9 Å². The highest BCUT2D eigenvalue weighted by molar-refractivity contribution is 6.32. The van der Waals surface area contributed by atoms with E-state index in [0.29, 0.717) is 12.1 Å². The maximum atomic E-state index is 12.2. The molecule has 0 aliphatic heterocycles. The number of amides is 2. The van der Waals surface area contributed by atoms with Gasteiger partial charge in [-0.15, -0.1) is 0 Å². The fraction of sp³-hybridized carbons (Fsp3) is 0.235. The van der Waals surface area contributed by atoms with Gasteiger partial charge in [-0.3, -0.25) is 0 Å². The Bertz CT molecular complexity index is 788. The summed E-state index contributed by atoms with van der Waals surface area (Å²) in [5.41, 5.74) is 2.16. The summed E-state index contributed by atoms with van der Waals surface area (Å²) in [6, 6.07) is 10.3. The van der Waals surface area contributed by atoms with Crippen molar-refractivity contribution in [2.24, 2.45) is 0 Å². The van der Waals surface area contributed by atoms with Gasteiger partial charge in [0.05, 0.1) is 17.2 Å². The van der Waals surface area contributed by atoms with Gasteiger partial charge in [-0.2, -0.15) is 8.78 Å². The summed E-state index contributed by atoms with van der Waals surface area (Å²) >= 11 is 5.85. The number of urea groups is 1. The maximum Gasteiger partial charge on any atom is 0.387 e. The zero-order chi connectivity index (χ0) is 18.0. The maximum absolute atomic E-state index is 12.2. The SMILES string of the molecule is O=C(Nc1ccc(OC(F)F)c(Cl)c1)N[C@@H]1c2ccccc2C[C@@H]1O. The molecule has 1 aliphatic carbocycles. The number of aliphatic hydroxyl groups excluding tert-OH is 1. The Hall–Kier alpha value is -2.38. The minimum Gasteiger partial charge on any atom is -0.433 e. The van der Waals surface area contributed by atoms with Gasteiger partial charge in [0, 0.05) is 12.1 Å². The summed E-state index contributed by atoms with van der Waals surface area (Å²) < 4.78 is 28.7. The van der Waals surface area contributed by atoms with Crippen molar-refractivity contribution >= 4 is 23.3 Å². The monoisotopic (exact) mass is 368 g/mol. The molecule has 3 N–H and O–H groups in total. The number of alkyl halides is 2. The van der Waals surface area contributed by atoms with Crippen molar-refractivity contribution in [1.82, 2.24) is 5.32 Å². The first-order valence-corrected chi connectivity index (χ1v) is 7.89. The van der Waals surface area contributed by atoms with E-state index in [2.05, 4.69) is 15.4 Å². The third-order valence-corrected chi connectivity index (χ3v) is 4.19. The molecular weight excluding hydrogens is 354 g/mol. The van der Waals surface area contributed by atoms with Gasteiger partial charge in [0.15, 0.2) is 0 Å². The number of hydrogen-bond donors (Lipinski definition) is 3. The fourth-order valence-corrected chi connectivity index (χ4v) is 3.05. The molecule has 0 radical (unpaired) electrons. The van der Waals surface area contributed by atoms with Crippen LogP contribution < -0.4 is 15.4 Å². The van der Waals surface area contributed by atoms with E-state index in [0.717, 1.165) is 11.1 Å². The van der Waals surface area contributed by atoms with E-state index in [1.54, 1.807) is 0 Å². The summed E-state index contributed by atoms with van der Waals surface area (Å²) in [5, 5.41) is 15.3. The smallest absolute Gasteiger partial charge is 0.387 e. The lowest BCUT2D eigenvalue weighted by atomic mass is 10.1. The second kappa shape index (κ2) is 7.25. The molecule has 2 amide bonds. The first-order chi connectivity index (χ1) is 11.9. The third kappa shape index (κ3) is 4.00. The van der Waals surface area contributed by atoms with Crippen molar-refractivity contribution in [2.75, 3.05) is 5.32 Å². The van der Waals surface area contributed by atoms with Gasteiger partial charge in [0.2, 0.25) is 0 Å². The number of benzene rings is 2. The van der Waals surface area contributed by atoms with Gasteiger partial charge in [0.1, 0.15) is 5.75 Å². The van der Waals surface area contributed by atoms with E-state index in [9.17, 15) is 18.7 Å². The number of halogens is 3. The predicted octanol–water partition coefficient (Wildman–Crippen LogP) is 3.72. The lowest BCUT2D eigenvalue weighted by Gasteiger charge is -2.18. The van der Waals surface area contributed by atoms with Crippen LogP contribution in [0.2, 0.25) is 5.02 Å². The Morgan fingerprint density at radius 1 is 1.28 bits per heavy atom. The molecule has 0 bridgehead atoms. The second-order valence-corrected chi connectivity index (χ2v) is 5.98. The van der Waals surface area contributed by atoms with Gasteiger partial charge < -0.3 is 20.5 Å². The van der Waals surface area contributed by atoms with Gasteiger partial charge in [-0.1, -0.05) is 35.9 Å². The van der Waals surface area contributed by atoms with Crippen molar-refractivity contribution in [1.29, 1.82) is 0 Å². The molecule has 2 aromatic carbocycles. The second-order valence-electron chi connectivity index (χ2n) is 5.57. The van der Waals surface area contributed by atoms with Gasteiger partial charge in [-0.25, -0.2) is 4.79 Å². The van der Waals surface area contributed by atoms with E-state index in [1.807, 2.05) is 24.3 Å². The van der Waals surface area contributed by atoms with Crippen LogP contribution in [-0.2, 0) is 6.42 Å². The quantitative estimate of drug-likeness (QED) is 0.770. The number of aliphatic hydroxyl groups is 1. The lowest BCUT2D eigenvalue weighted by molar-refractivity contribution is -0.0497. The van der Waals surface area contributed by atoms with Crippen LogP contribution >= 0.6 is 11.6 Å². The van der Waals surface area contributed by atoms with Crippen molar-refractivity contribution in [3.8, 4) is 5.75 Å². The molecule has 1 aliphatic rings. The number of fused-ring (bicyclic) bond motifs is 1. The van der Waals surface area contributed by atoms with E-state index in [1.165, 1.54) is 18.2 Å². The molecule has 0 saturated heterocycles. The minimum absolute atomic E-state index is 0.0515. The van der Waals surface area contributed by atoms with Crippen LogP contribution in [0.25, 0.3) is 0 Å². The normalized spacial score (nSPS) is 18.8. The van der Waals surface area contributed by atoms with Crippen LogP contribution in [0.3, 0.4) is 0 Å². The zero-order valence-electron chi connectivity index (χ0n) is 12.9. The third-order valence-electron chi connectivity index (χ3n) is 3.90. The molecule has 0 fully saturated rings. The van der Waals surface area contributed by atoms with E-state index in [-0.39, 0.29) is 10.8 Å². The van der Waals surface area contributed by atoms with E-state index >= 15 is 0 Å². The molecule has 0 heterocycles. The first-order valence-electron chi connectivity index (χ1n) is 7.52. The average Bonchev–Trinajstić information content (AvgIpc) is 2.86. The largest absolute Gasteiger partial charge is 0.433 e. The molecule has 3 rings (SSSR count). The van der Waals surface area contributed by atoms with Gasteiger partial charge >= 0.3 is 12.6 Å². The number of carbonyl (C=O) groups is 1. The molecule has 8 heteroatoms. The molecule has 0 spiro atoms. The Labute approximate surface area is 147 Å². The number of rotatable bonds is 4. The van der Waals surface area contributed by atoms with Crippen LogP contribution in [0.15, 0.2) is 42.5 Å². The number of ether oxygens (including phenoxy) is 1. The molecule has 5 nitrogen and oxygen atoms in total. The zero-order valence-corrected chi connectivity index (χ0v) is 13.6. The van der Waals surface area contributed by atoms with E-state index < -0.39 is 24.8 Å². The minimum atomic E-state index is -2.98. The molecular formula is C17H15ClF2N2O3. The fourth-order valence-electron chi connectivity index (χ4n) is 2.83. The highest BCUT2D eigenvalue weighted by Crippen LogP contribution is 2.32. The Morgan fingerprint density at radius 2 is 2.04 bits per heavy atom. The number of hydrogen-bond acceptors (Lipinski definition) is 3. The summed E-state index contributed by atoms with van der Waals surface area (Å²) in [6.45, 7) is -2.98.